The minimum Gasteiger partial charge on any atom is -0.355 e. The molecule has 0 radical (unpaired) electrons. The summed E-state index contributed by atoms with van der Waals surface area (Å²) in [5.41, 5.74) is 5.69. The van der Waals surface area contributed by atoms with Crippen LogP contribution < -0.4 is 5.32 Å². The van der Waals surface area contributed by atoms with Gasteiger partial charge in [0.05, 0.1) is 11.0 Å². The fourth-order valence-electron chi connectivity index (χ4n) is 3.52. The predicted molar refractivity (Wildman–Crippen MR) is 96.3 cm³/mol. The van der Waals surface area contributed by atoms with Crippen molar-refractivity contribution in [1.82, 2.24) is 25.1 Å². The normalized spacial score (nSPS) is 16.8. The van der Waals surface area contributed by atoms with Crippen LogP contribution in [0.4, 0.5) is 0 Å². The molecule has 1 amide bonds. The number of nitrogens with one attached hydrogen (secondary N) is 2. The maximum absolute atomic E-state index is 12.4. The van der Waals surface area contributed by atoms with Crippen molar-refractivity contribution >= 4 is 16.9 Å². The predicted octanol–water partition coefficient (Wildman–Crippen LogP) is 2.30. The Labute approximate surface area is 146 Å². The molecule has 130 valence electrons. The van der Waals surface area contributed by atoms with Gasteiger partial charge in [-0.2, -0.15) is 5.10 Å². The molecule has 3 aromatic rings. The van der Waals surface area contributed by atoms with Gasteiger partial charge in [-0.25, -0.2) is 4.98 Å². The number of benzene rings is 1. The molecule has 1 aromatic carbocycles. The second-order valence-corrected chi connectivity index (χ2v) is 6.86. The van der Waals surface area contributed by atoms with E-state index in [1.165, 1.54) is 11.1 Å². The van der Waals surface area contributed by atoms with E-state index in [0.717, 1.165) is 41.9 Å². The largest absolute Gasteiger partial charge is 0.355 e. The average Bonchev–Trinajstić information content (AvgIpc) is 3.24. The highest BCUT2D eigenvalue weighted by molar-refractivity contribution is 5.80. The van der Waals surface area contributed by atoms with Crippen molar-refractivity contribution in [2.45, 2.75) is 39.7 Å². The summed E-state index contributed by atoms with van der Waals surface area (Å²) in [6.07, 6.45) is 4.14. The van der Waals surface area contributed by atoms with Crippen molar-refractivity contribution in [2.75, 3.05) is 6.54 Å². The van der Waals surface area contributed by atoms with Crippen molar-refractivity contribution in [3.8, 4) is 0 Å². The van der Waals surface area contributed by atoms with Gasteiger partial charge in [0.1, 0.15) is 5.82 Å². The van der Waals surface area contributed by atoms with Gasteiger partial charge in [-0.05, 0) is 43.5 Å². The van der Waals surface area contributed by atoms with E-state index in [1.807, 2.05) is 10.7 Å². The topological polar surface area (TPSA) is 75.6 Å². The zero-order valence-corrected chi connectivity index (χ0v) is 14.7. The first-order valence-corrected chi connectivity index (χ1v) is 8.85. The summed E-state index contributed by atoms with van der Waals surface area (Å²) in [6, 6.07) is 6.17. The third-order valence-corrected chi connectivity index (χ3v) is 5.21. The summed E-state index contributed by atoms with van der Waals surface area (Å²) < 4.78 is 1.99. The van der Waals surface area contributed by atoms with Crippen molar-refractivity contribution in [3.05, 3.63) is 47.0 Å². The molecular weight excluding hydrogens is 314 g/mol. The molecule has 0 bridgehead atoms. The van der Waals surface area contributed by atoms with Crippen LogP contribution in [-0.4, -0.2) is 32.2 Å². The van der Waals surface area contributed by atoms with Crippen LogP contribution in [0.15, 0.2) is 24.4 Å². The molecule has 1 unspecified atom stereocenters. The number of carbonyl (C=O) groups is 1. The third-order valence-electron chi connectivity index (χ3n) is 5.21. The number of nitrogens with zero attached hydrogens (tertiary/aromatic N) is 3. The summed E-state index contributed by atoms with van der Waals surface area (Å²) in [4.78, 5) is 20.5. The highest BCUT2D eigenvalue weighted by Crippen LogP contribution is 2.20. The van der Waals surface area contributed by atoms with Gasteiger partial charge in [0.15, 0.2) is 0 Å². The number of amides is 1. The quantitative estimate of drug-likeness (QED) is 0.767. The average molecular weight is 337 g/mol. The maximum Gasteiger partial charge on any atom is 0.223 e. The molecule has 6 heteroatoms. The number of aromatic amines is 1. The zero-order valence-electron chi connectivity index (χ0n) is 14.7. The minimum absolute atomic E-state index is 0.0461. The number of aromatic nitrogens is 4. The molecule has 0 aliphatic carbocycles. The molecule has 2 N–H and O–H groups in total. The van der Waals surface area contributed by atoms with E-state index in [-0.39, 0.29) is 11.8 Å². The summed E-state index contributed by atoms with van der Waals surface area (Å²) >= 11 is 0. The molecule has 6 nitrogen and oxygen atoms in total. The summed E-state index contributed by atoms with van der Waals surface area (Å²) in [5.74, 6) is 1.10. The van der Waals surface area contributed by atoms with Crippen LogP contribution in [0.3, 0.4) is 0 Å². The molecule has 2 aromatic heterocycles. The second-order valence-electron chi connectivity index (χ2n) is 6.86. The molecule has 1 atom stereocenters. The number of hydrogen-bond donors (Lipinski definition) is 2. The van der Waals surface area contributed by atoms with Gasteiger partial charge in [-0.1, -0.05) is 6.07 Å². The van der Waals surface area contributed by atoms with E-state index < -0.39 is 0 Å². The van der Waals surface area contributed by atoms with Gasteiger partial charge in [-0.15, -0.1) is 0 Å². The first kappa shape index (κ1) is 15.9. The SMILES string of the molecule is Cc1ccc2[nH]c(CCNC(=O)C3CCn4nccc4C3)nc2c1C. The lowest BCUT2D eigenvalue weighted by molar-refractivity contribution is -0.125. The number of aryl methyl sites for hydroxylation is 3. The summed E-state index contributed by atoms with van der Waals surface area (Å²) in [6.45, 7) is 5.62. The van der Waals surface area contributed by atoms with Gasteiger partial charge in [0.25, 0.3) is 0 Å². The molecule has 25 heavy (non-hydrogen) atoms. The number of carbonyl (C=O) groups excluding carboxylic acids is 1. The summed E-state index contributed by atoms with van der Waals surface area (Å²) in [7, 11) is 0. The van der Waals surface area contributed by atoms with Crippen LogP contribution in [0.1, 0.15) is 29.1 Å². The highest BCUT2D eigenvalue weighted by atomic mass is 16.1. The Bertz CT molecular complexity index is 923. The smallest absolute Gasteiger partial charge is 0.223 e. The highest BCUT2D eigenvalue weighted by Gasteiger charge is 2.24. The molecule has 0 saturated carbocycles. The Morgan fingerprint density at radius 3 is 3.12 bits per heavy atom. The number of H-pyrrole nitrogens is 1. The lowest BCUT2D eigenvalue weighted by atomic mass is 9.95. The standard InChI is InChI=1S/C19H23N5O/c1-12-3-4-16-18(13(12)2)23-17(22-16)6-8-20-19(25)14-7-10-24-15(11-14)5-9-21-24/h3-5,9,14H,6-8,10-11H2,1-2H3,(H,20,25)(H,22,23). The Morgan fingerprint density at radius 1 is 1.36 bits per heavy atom. The van der Waals surface area contributed by atoms with Crippen molar-refractivity contribution < 1.29 is 4.79 Å². The Kier molecular flexibility index (Phi) is 4.03. The molecule has 0 fully saturated rings. The number of fused-ring (bicyclic) bond motifs is 2. The van der Waals surface area contributed by atoms with Crippen LogP contribution in [0.25, 0.3) is 11.0 Å². The Morgan fingerprint density at radius 2 is 2.24 bits per heavy atom. The van der Waals surface area contributed by atoms with Crippen LogP contribution in [0.5, 0.6) is 0 Å². The number of hydrogen-bond acceptors (Lipinski definition) is 3. The molecule has 1 aliphatic rings. The lowest BCUT2D eigenvalue weighted by Gasteiger charge is -2.22. The molecule has 0 saturated heterocycles. The van der Waals surface area contributed by atoms with E-state index in [0.29, 0.717) is 13.0 Å². The van der Waals surface area contributed by atoms with E-state index in [4.69, 9.17) is 0 Å². The first-order valence-electron chi connectivity index (χ1n) is 8.85. The van der Waals surface area contributed by atoms with Crippen molar-refractivity contribution in [1.29, 1.82) is 0 Å². The first-order chi connectivity index (χ1) is 12.1. The molecule has 0 spiro atoms. The van der Waals surface area contributed by atoms with Crippen molar-refractivity contribution in [3.63, 3.8) is 0 Å². The van der Waals surface area contributed by atoms with Gasteiger partial charge in [0, 0.05) is 43.7 Å². The number of rotatable bonds is 4. The molecule has 3 heterocycles. The van der Waals surface area contributed by atoms with Gasteiger partial charge < -0.3 is 10.3 Å². The second kappa shape index (κ2) is 6.35. The van der Waals surface area contributed by atoms with E-state index >= 15 is 0 Å². The van der Waals surface area contributed by atoms with Crippen molar-refractivity contribution in [2.24, 2.45) is 5.92 Å². The molecular formula is C19H23N5O. The van der Waals surface area contributed by atoms with Gasteiger partial charge >= 0.3 is 0 Å². The van der Waals surface area contributed by atoms with E-state index in [1.54, 1.807) is 6.20 Å². The number of imidazole rings is 1. The minimum atomic E-state index is 0.0461. The molecule has 4 rings (SSSR count). The fourth-order valence-corrected chi connectivity index (χ4v) is 3.52. The lowest BCUT2D eigenvalue weighted by Crippen LogP contribution is -2.36. The fraction of sp³-hybridized carbons (Fsp3) is 0.421. The monoisotopic (exact) mass is 337 g/mol. The molecule has 1 aliphatic heterocycles. The Hall–Kier alpha value is -2.63. The van der Waals surface area contributed by atoms with E-state index in [2.05, 4.69) is 46.4 Å². The summed E-state index contributed by atoms with van der Waals surface area (Å²) in [5, 5.41) is 7.32. The van der Waals surface area contributed by atoms with Crippen LogP contribution in [-0.2, 0) is 24.2 Å². The maximum atomic E-state index is 12.4. The Balaban J connectivity index is 1.35. The third kappa shape index (κ3) is 3.04. The van der Waals surface area contributed by atoms with Crippen LogP contribution >= 0.6 is 0 Å². The van der Waals surface area contributed by atoms with Crippen LogP contribution in [0.2, 0.25) is 0 Å². The van der Waals surface area contributed by atoms with E-state index in [9.17, 15) is 4.79 Å². The van der Waals surface area contributed by atoms with Gasteiger partial charge in [0.2, 0.25) is 5.91 Å². The zero-order chi connectivity index (χ0) is 17.4. The van der Waals surface area contributed by atoms with Crippen LogP contribution in [0, 0.1) is 19.8 Å². The van der Waals surface area contributed by atoms with Gasteiger partial charge in [-0.3, -0.25) is 9.48 Å².